The SMILES string of the molecule is N#Cc1ccc(C(F)(F)F)c(C(=O)OCc2ccccc2)c1. The highest BCUT2D eigenvalue weighted by Gasteiger charge is 2.35. The van der Waals surface area contributed by atoms with Crippen molar-refractivity contribution < 1.29 is 22.7 Å². The Morgan fingerprint density at radius 3 is 2.41 bits per heavy atom. The maximum atomic E-state index is 12.9. The van der Waals surface area contributed by atoms with Crippen LogP contribution >= 0.6 is 0 Å². The fraction of sp³-hybridized carbons (Fsp3) is 0.125. The maximum absolute atomic E-state index is 12.9. The average molecular weight is 305 g/mol. The van der Waals surface area contributed by atoms with Crippen LogP contribution in [-0.2, 0) is 17.5 Å². The molecule has 0 aliphatic carbocycles. The lowest BCUT2D eigenvalue weighted by Gasteiger charge is -2.12. The molecule has 2 aromatic rings. The number of ether oxygens (including phenoxy) is 1. The minimum absolute atomic E-state index is 0.0420. The van der Waals surface area contributed by atoms with E-state index in [1.54, 1.807) is 36.4 Å². The Kier molecular flexibility index (Phi) is 4.47. The third-order valence-electron chi connectivity index (χ3n) is 2.89. The Hall–Kier alpha value is -2.81. The van der Waals surface area contributed by atoms with E-state index < -0.39 is 23.3 Å². The smallest absolute Gasteiger partial charge is 0.417 e. The minimum Gasteiger partial charge on any atom is -0.457 e. The Labute approximate surface area is 124 Å². The van der Waals surface area contributed by atoms with E-state index in [4.69, 9.17) is 10.00 Å². The molecule has 0 radical (unpaired) electrons. The van der Waals surface area contributed by atoms with Gasteiger partial charge in [0, 0.05) is 0 Å². The summed E-state index contributed by atoms with van der Waals surface area (Å²) in [6.45, 7) is -0.145. The van der Waals surface area contributed by atoms with E-state index in [1.807, 2.05) is 0 Å². The van der Waals surface area contributed by atoms with Gasteiger partial charge in [0.2, 0.25) is 0 Å². The van der Waals surface area contributed by atoms with Crippen LogP contribution in [0.1, 0.15) is 27.0 Å². The number of hydrogen-bond acceptors (Lipinski definition) is 3. The van der Waals surface area contributed by atoms with E-state index in [1.165, 1.54) is 0 Å². The number of carbonyl (C=O) groups excluding carboxylic acids is 1. The first-order valence-corrected chi connectivity index (χ1v) is 6.24. The minimum atomic E-state index is -4.70. The summed E-state index contributed by atoms with van der Waals surface area (Å²) in [7, 11) is 0. The Morgan fingerprint density at radius 1 is 1.14 bits per heavy atom. The molecule has 0 heterocycles. The first-order valence-electron chi connectivity index (χ1n) is 6.24. The second kappa shape index (κ2) is 6.31. The van der Waals surface area contributed by atoms with E-state index >= 15 is 0 Å². The lowest BCUT2D eigenvalue weighted by molar-refractivity contribution is -0.138. The number of halogens is 3. The predicted molar refractivity (Wildman–Crippen MR) is 71.7 cm³/mol. The van der Waals surface area contributed by atoms with E-state index in [-0.39, 0.29) is 12.2 Å². The summed E-state index contributed by atoms with van der Waals surface area (Å²) >= 11 is 0. The second-order valence-electron chi connectivity index (χ2n) is 4.43. The molecule has 0 aliphatic heterocycles. The molecule has 3 nitrogen and oxygen atoms in total. The molecular formula is C16H10F3NO2. The first-order chi connectivity index (χ1) is 10.4. The van der Waals surface area contributed by atoms with Crippen LogP contribution in [0.5, 0.6) is 0 Å². The summed E-state index contributed by atoms with van der Waals surface area (Å²) in [5.74, 6) is -1.12. The van der Waals surface area contributed by atoms with Crippen molar-refractivity contribution in [1.82, 2.24) is 0 Å². The van der Waals surface area contributed by atoms with Crippen LogP contribution in [0.25, 0.3) is 0 Å². The summed E-state index contributed by atoms with van der Waals surface area (Å²) < 4.78 is 43.7. The highest BCUT2D eigenvalue weighted by Crippen LogP contribution is 2.32. The topological polar surface area (TPSA) is 50.1 Å². The lowest BCUT2D eigenvalue weighted by Crippen LogP contribution is -2.15. The quantitative estimate of drug-likeness (QED) is 0.807. The maximum Gasteiger partial charge on any atom is 0.417 e. The molecule has 0 N–H and O–H groups in total. The van der Waals surface area contributed by atoms with Crippen molar-refractivity contribution in [1.29, 1.82) is 5.26 Å². The number of benzene rings is 2. The summed E-state index contributed by atoms with van der Waals surface area (Å²) in [6, 6.07) is 12.9. The lowest BCUT2D eigenvalue weighted by atomic mass is 10.0. The van der Waals surface area contributed by atoms with Gasteiger partial charge in [0.15, 0.2) is 0 Å². The molecule has 0 amide bonds. The predicted octanol–water partition coefficient (Wildman–Crippen LogP) is 3.93. The first kappa shape index (κ1) is 15.6. The summed E-state index contributed by atoms with van der Waals surface area (Å²) in [6.07, 6.45) is -4.70. The van der Waals surface area contributed by atoms with Gasteiger partial charge in [0.05, 0.1) is 22.8 Å². The average Bonchev–Trinajstić information content (AvgIpc) is 2.52. The molecular weight excluding hydrogens is 295 g/mol. The van der Waals surface area contributed by atoms with Crippen LogP contribution < -0.4 is 0 Å². The van der Waals surface area contributed by atoms with Crippen molar-refractivity contribution in [2.45, 2.75) is 12.8 Å². The molecule has 0 saturated carbocycles. The molecule has 0 aromatic heterocycles. The van der Waals surface area contributed by atoms with E-state index in [0.717, 1.165) is 12.1 Å². The zero-order chi connectivity index (χ0) is 16.2. The fourth-order valence-electron chi connectivity index (χ4n) is 1.83. The highest BCUT2D eigenvalue weighted by atomic mass is 19.4. The molecule has 2 aromatic carbocycles. The second-order valence-corrected chi connectivity index (χ2v) is 4.43. The van der Waals surface area contributed by atoms with Gasteiger partial charge in [-0.15, -0.1) is 0 Å². The van der Waals surface area contributed by atoms with Gasteiger partial charge in [-0.25, -0.2) is 4.79 Å². The molecule has 0 unspecified atom stereocenters. The molecule has 0 bridgehead atoms. The molecule has 0 atom stereocenters. The molecule has 0 saturated heterocycles. The monoisotopic (exact) mass is 305 g/mol. The van der Waals surface area contributed by atoms with Crippen LogP contribution in [0.4, 0.5) is 13.2 Å². The van der Waals surface area contributed by atoms with Gasteiger partial charge in [-0.05, 0) is 23.8 Å². The zero-order valence-corrected chi connectivity index (χ0v) is 11.2. The van der Waals surface area contributed by atoms with Gasteiger partial charge < -0.3 is 4.74 Å². The standard InChI is InChI=1S/C16H10F3NO2/c17-16(18,19)14-7-6-12(9-20)8-13(14)15(21)22-10-11-4-2-1-3-5-11/h1-8H,10H2. The Morgan fingerprint density at radius 2 is 1.82 bits per heavy atom. The van der Waals surface area contributed by atoms with Gasteiger partial charge in [0.1, 0.15) is 6.61 Å². The van der Waals surface area contributed by atoms with E-state index in [2.05, 4.69) is 0 Å². The molecule has 0 fully saturated rings. The fourth-order valence-corrected chi connectivity index (χ4v) is 1.83. The molecule has 0 spiro atoms. The number of esters is 1. The summed E-state index contributed by atoms with van der Waals surface area (Å²) in [5.41, 5.74) is -1.17. The van der Waals surface area contributed by atoms with Crippen molar-refractivity contribution >= 4 is 5.97 Å². The molecule has 0 aliphatic rings. The van der Waals surface area contributed by atoms with Crippen molar-refractivity contribution in [2.24, 2.45) is 0 Å². The molecule has 22 heavy (non-hydrogen) atoms. The summed E-state index contributed by atoms with van der Waals surface area (Å²) in [5, 5.41) is 8.76. The number of nitriles is 1. The number of alkyl halides is 3. The van der Waals surface area contributed by atoms with Crippen molar-refractivity contribution in [2.75, 3.05) is 0 Å². The molecule has 2 rings (SSSR count). The molecule has 112 valence electrons. The summed E-state index contributed by atoms with van der Waals surface area (Å²) in [4.78, 5) is 11.9. The van der Waals surface area contributed by atoms with E-state index in [9.17, 15) is 18.0 Å². The van der Waals surface area contributed by atoms with Crippen LogP contribution in [0.2, 0.25) is 0 Å². The number of carbonyl (C=O) groups is 1. The van der Waals surface area contributed by atoms with Gasteiger partial charge in [-0.1, -0.05) is 30.3 Å². The van der Waals surface area contributed by atoms with Crippen molar-refractivity contribution in [3.8, 4) is 6.07 Å². The van der Waals surface area contributed by atoms with E-state index in [0.29, 0.717) is 11.6 Å². The van der Waals surface area contributed by atoms with Gasteiger partial charge in [0.25, 0.3) is 0 Å². The van der Waals surface area contributed by atoms with Crippen LogP contribution in [-0.4, -0.2) is 5.97 Å². The third kappa shape index (κ3) is 3.64. The van der Waals surface area contributed by atoms with Crippen molar-refractivity contribution in [3.63, 3.8) is 0 Å². The largest absolute Gasteiger partial charge is 0.457 e. The molecule has 6 heteroatoms. The normalized spacial score (nSPS) is 10.8. The number of rotatable bonds is 3. The highest BCUT2D eigenvalue weighted by molar-refractivity contribution is 5.91. The van der Waals surface area contributed by atoms with Crippen LogP contribution in [0.3, 0.4) is 0 Å². The third-order valence-corrected chi connectivity index (χ3v) is 2.89. The van der Waals surface area contributed by atoms with Crippen LogP contribution in [0, 0.1) is 11.3 Å². The van der Waals surface area contributed by atoms with Crippen LogP contribution in [0.15, 0.2) is 48.5 Å². The number of nitrogens with zero attached hydrogens (tertiary/aromatic N) is 1. The number of hydrogen-bond donors (Lipinski definition) is 0. The van der Waals surface area contributed by atoms with Gasteiger partial charge in [-0.3, -0.25) is 0 Å². The Balaban J connectivity index is 2.26. The zero-order valence-electron chi connectivity index (χ0n) is 11.2. The Bertz CT molecular complexity index is 718. The van der Waals surface area contributed by atoms with Gasteiger partial charge >= 0.3 is 12.1 Å². The van der Waals surface area contributed by atoms with Crippen molar-refractivity contribution in [3.05, 3.63) is 70.8 Å². The van der Waals surface area contributed by atoms with Gasteiger partial charge in [-0.2, -0.15) is 18.4 Å².